The van der Waals surface area contributed by atoms with Crippen molar-refractivity contribution in [3.05, 3.63) is 63.8 Å². The second kappa shape index (κ2) is 5.90. The van der Waals surface area contributed by atoms with Crippen molar-refractivity contribution in [3.63, 3.8) is 0 Å². The van der Waals surface area contributed by atoms with Crippen LogP contribution in [0, 0.1) is 0 Å². The number of ether oxygens (including phenoxy) is 1. The molecule has 0 unspecified atom stereocenters. The minimum atomic E-state index is 0.146. The molecule has 1 aliphatic carbocycles. The lowest BCUT2D eigenvalue weighted by atomic mass is 9.98. The number of hydrogen-bond acceptors (Lipinski definition) is 2. The molecule has 1 heterocycles. The van der Waals surface area contributed by atoms with Crippen molar-refractivity contribution in [2.45, 2.75) is 19.4 Å². The number of rotatable bonds is 3. The van der Waals surface area contributed by atoms with Gasteiger partial charge in [-0.3, -0.25) is 4.79 Å². The number of nitrogens with zero attached hydrogens (tertiary/aromatic N) is 1. The van der Waals surface area contributed by atoms with Gasteiger partial charge in [0.05, 0.1) is 13.7 Å². The summed E-state index contributed by atoms with van der Waals surface area (Å²) in [4.78, 5) is 14.1. The quantitative estimate of drug-likeness (QED) is 0.830. The van der Waals surface area contributed by atoms with E-state index in [-0.39, 0.29) is 5.91 Å². The molecule has 2 aliphatic rings. The number of allylic oxidation sites excluding steroid dienone is 3. The zero-order valence-corrected chi connectivity index (χ0v) is 13.4. The normalized spacial score (nSPS) is 17.7. The standard InChI is InChI=1S/C17H16BrNO2/c1-21-15-6-2-12(3-7-15)11-19-16-8-5-14(18)10-13(16)4-9-17(19)20/h2-4,6-8,10H,5,9,11H2,1H3. The van der Waals surface area contributed by atoms with Gasteiger partial charge in [-0.15, -0.1) is 0 Å². The number of hydrogen-bond donors (Lipinski definition) is 0. The summed E-state index contributed by atoms with van der Waals surface area (Å²) in [7, 11) is 1.65. The maximum Gasteiger partial charge on any atom is 0.231 e. The molecule has 0 radical (unpaired) electrons. The van der Waals surface area contributed by atoms with Gasteiger partial charge in [-0.2, -0.15) is 0 Å². The number of methoxy groups -OCH3 is 1. The molecule has 21 heavy (non-hydrogen) atoms. The fourth-order valence-corrected chi connectivity index (χ4v) is 2.98. The highest BCUT2D eigenvalue weighted by Crippen LogP contribution is 2.33. The molecule has 3 rings (SSSR count). The van der Waals surface area contributed by atoms with E-state index in [1.807, 2.05) is 35.2 Å². The molecule has 0 fully saturated rings. The summed E-state index contributed by atoms with van der Waals surface area (Å²) >= 11 is 3.53. The molecule has 0 spiro atoms. The molecule has 1 aliphatic heterocycles. The van der Waals surface area contributed by atoms with Gasteiger partial charge in [-0.05, 0) is 40.2 Å². The van der Waals surface area contributed by atoms with E-state index in [0.717, 1.165) is 33.5 Å². The Morgan fingerprint density at radius 2 is 1.95 bits per heavy atom. The first-order valence-electron chi connectivity index (χ1n) is 6.87. The van der Waals surface area contributed by atoms with Crippen molar-refractivity contribution in [1.82, 2.24) is 4.90 Å². The van der Waals surface area contributed by atoms with E-state index in [4.69, 9.17) is 4.74 Å². The topological polar surface area (TPSA) is 29.5 Å². The van der Waals surface area contributed by atoms with Crippen molar-refractivity contribution >= 4 is 21.8 Å². The van der Waals surface area contributed by atoms with Crippen LogP contribution in [-0.4, -0.2) is 17.9 Å². The zero-order valence-electron chi connectivity index (χ0n) is 11.8. The fourth-order valence-electron chi connectivity index (χ4n) is 2.57. The Morgan fingerprint density at radius 1 is 1.19 bits per heavy atom. The van der Waals surface area contributed by atoms with Crippen molar-refractivity contribution in [2.75, 3.05) is 7.11 Å². The van der Waals surface area contributed by atoms with E-state index in [1.54, 1.807) is 7.11 Å². The molecule has 0 bridgehead atoms. The Bertz CT molecular complexity index is 656. The first kappa shape index (κ1) is 14.1. The molecule has 1 aromatic carbocycles. The predicted octanol–water partition coefficient (Wildman–Crippen LogP) is 3.92. The fraction of sp³-hybridized carbons (Fsp3) is 0.235. The number of benzene rings is 1. The number of halogens is 1. The van der Waals surface area contributed by atoms with Gasteiger partial charge in [-0.25, -0.2) is 0 Å². The molecule has 0 atom stereocenters. The zero-order chi connectivity index (χ0) is 14.8. The van der Waals surface area contributed by atoms with Crippen molar-refractivity contribution in [2.24, 2.45) is 0 Å². The highest BCUT2D eigenvalue weighted by atomic mass is 79.9. The number of carbonyl (C=O) groups is 1. The summed E-state index contributed by atoms with van der Waals surface area (Å²) in [5.41, 5.74) is 3.24. The predicted molar refractivity (Wildman–Crippen MR) is 86.0 cm³/mol. The Hall–Kier alpha value is -1.81. The summed E-state index contributed by atoms with van der Waals surface area (Å²) in [5, 5.41) is 0. The minimum absolute atomic E-state index is 0.146. The van der Waals surface area contributed by atoms with E-state index in [1.165, 1.54) is 0 Å². The smallest absolute Gasteiger partial charge is 0.231 e. The van der Waals surface area contributed by atoms with Gasteiger partial charge in [0.1, 0.15) is 5.75 Å². The van der Waals surface area contributed by atoms with E-state index in [0.29, 0.717) is 13.0 Å². The lowest BCUT2D eigenvalue weighted by molar-refractivity contribution is -0.129. The molecular formula is C17H16BrNO2. The van der Waals surface area contributed by atoms with Crippen LogP contribution in [0.3, 0.4) is 0 Å². The molecule has 4 heteroatoms. The average molecular weight is 346 g/mol. The Labute approximate surface area is 132 Å². The van der Waals surface area contributed by atoms with Crippen LogP contribution in [-0.2, 0) is 11.3 Å². The SMILES string of the molecule is COc1ccc(CN2C(=O)CC=C3C=C(Br)CC=C32)cc1. The van der Waals surface area contributed by atoms with Gasteiger partial charge in [0.15, 0.2) is 0 Å². The number of fused-ring (bicyclic) bond motifs is 1. The molecule has 0 saturated heterocycles. The molecular weight excluding hydrogens is 330 g/mol. The molecule has 3 nitrogen and oxygen atoms in total. The van der Waals surface area contributed by atoms with Gasteiger partial charge in [0.25, 0.3) is 0 Å². The number of amides is 1. The van der Waals surface area contributed by atoms with Gasteiger partial charge < -0.3 is 9.64 Å². The summed E-state index contributed by atoms with van der Waals surface area (Å²) in [6.45, 7) is 0.595. The third-order valence-corrected chi connectivity index (χ3v) is 4.24. The van der Waals surface area contributed by atoms with Crippen LogP contribution >= 0.6 is 15.9 Å². The van der Waals surface area contributed by atoms with Gasteiger partial charge in [-0.1, -0.05) is 40.2 Å². The van der Waals surface area contributed by atoms with Crippen LogP contribution in [0.1, 0.15) is 18.4 Å². The maximum atomic E-state index is 12.2. The lowest BCUT2D eigenvalue weighted by Crippen LogP contribution is -2.33. The molecule has 0 aromatic heterocycles. The van der Waals surface area contributed by atoms with Crippen molar-refractivity contribution < 1.29 is 9.53 Å². The van der Waals surface area contributed by atoms with Crippen LogP contribution in [0.5, 0.6) is 5.75 Å². The van der Waals surface area contributed by atoms with Gasteiger partial charge in [0.2, 0.25) is 5.91 Å². The van der Waals surface area contributed by atoms with Crippen LogP contribution in [0.15, 0.2) is 58.2 Å². The Balaban J connectivity index is 1.84. The van der Waals surface area contributed by atoms with Crippen molar-refractivity contribution in [1.29, 1.82) is 0 Å². The van der Waals surface area contributed by atoms with Crippen LogP contribution in [0.4, 0.5) is 0 Å². The van der Waals surface area contributed by atoms with E-state index in [9.17, 15) is 4.79 Å². The largest absolute Gasteiger partial charge is 0.497 e. The highest BCUT2D eigenvalue weighted by Gasteiger charge is 2.25. The summed E-state index contributed by atoms with van der Waals surface area (Å²) in [6.07, 6.45) is 7.50. The van der Waals surface area contributed by atoms with Crippen LogP contribution in [0.25, 0.3) is 0 Å². The summed E-state index contributed by atoms with van der Waals surface area (Å²) in [6, 6.07) is 7.84. The maximum absolute atomic E-state index is 12.2. The third kappa shape index (κ3) is 2.95. The Kier molecular flexibility index (Phi) is 3.97. The van der Waals surface area contributed by atoms with E-state index >= 15 is 0 Å². The number of carbonyl (C=O) groups excluding carboxylic acids is 1. The molecule has 0 saturated carbocycles. The first-order chi connectivity index (χ1) is 10.2. The monoisotopic (exact) mass is 345 g/mol. The minimum Gasteiger partial charge on any atom is -0.497 e. The second-order valence-electron chi connectivity index (χ2n) is 5.08. The molecule has 1 aromatic rings. The Morgan fingerprint density at radius 3 is 2.67 bits per heavy atom. The van der Waals surface area contributed by atoms with E-state index in [2.05, 4.69) is 28.1 Å². The van der Waals surface area contributed by atoms with Gasteiger partial charge >= 0.3 is 0 Å². The van der Waals surface area contributed by atoms with E-state index < -0.39 is 0 Å². The van der Waals surface area contributed by atoms with Crippen molar-refractivity contribution in [3.8, 4) is 5.75 Å². The second-order valence-corrected chi connectivity index (χ2v) is 6.09. The summed E-state index contributed by atoms with van der Waals surface area (Å²) in [5.74, 6) is 0.972. The lowest BCUT2D eigenvalue weighted by Gasteiger charge is -2.31. The highest BCUT2D eigenvalue weighted by molar-refractivity contribution is 9.11. The molecule has 0 N–H and O–H groups in total. The van der Waals surface area contributed by atoms with Gasteiger partial charge in [0, 0.05) is 12.1 Å². The molecule has 108 valence electrons. The third-order valence-electron chi connectivity index (χ3n) is 3.69. The van der Waals surface area contributed by atoms with Crippen LogP contribution < -0.4 is 4.74 Å². The average Bonchev–Trinajstić information content (AvgIpc) is 2.51. The van der Waals surface area contributed by atoms with Crippen LogP contribution in [0.2, 0.25) is 0 Å². The summed E-state index contributed by atoms with van der Waals surface area (Å²) < 4.78 is 6.31. The first-order valence-corrected chi connectivity index (χ1v) is 7.67. The molecule has 1 amide bonds.